The molecule has 1 N–H and O–H groups in total. The first kappa shape index (κ1) is 14.4. The number of rotatable bonds is 6. The average molecular weight is 245 g/mol. The van der Waals surface area contributed by atoms with E-state index in [4.69, 9.17) is 14.6 Å². The summed E-state index contributed by atoms with van der Waals surface area (Å²) < 4.78 is 10.8. The fraction of sp³-hybridized carbons (Fsp3) is 0.917. The van der Waals surface area contributed by atoms with Crippen molar-refractivity contribution < 1.29 is 19.4 Å². The van der Waals surface area contributed by atoms with Gasteiger partial charge < -0.3 is 14.6 Å². The predicted octanol–water partition coefficient (Wildman–Crippen LogP) is 0.833. The van der Waals surface area contributed by atoms with E-state index in [1.54, 1.807) is 0 Å². The van der Waals surface area contributed by atoms with Crippen molar-refractivity contribution >= 4 is 5.97 Å². The van der Waals surface area contributed by atoms with Crippen molar-refractivity contribution in [2.45, 2.75) is 33.0 Å². The largest absolute Gasteiger partial charge is 0.479 e. The van der Waals surface area contributed by atoms with Crippen LogP contribution >= 0.6 is 0 Å². The molecule has 1 heterocycles. The highest BCUT2D eigenvalue weighted by molar-refractivity contribution is 5.71. The lowest BCUT2D eigenvalue weighted by molar-refractivity contribution is -0.153. The van der Waals surface area contributed by atoms with Crippen molar-refractivity contribution in [1.82, 2.24) is 4.90 Å². The minimum Gasteiger partial charge on any atom is -0.479 e. The molecule has 0 spiro atoms. The Bertz CT molecular complexity index is 245. The first-order valence-electron chi connectivity index (χ1n) is 6.17. The van der Waals surface area contributed by atoms with Gasteiger partial charge in [-0.15, -0.1) is 0 Å². The minimum atomic E-state index is -0.931. The second kappa shape index (κ2) is 6.93. The van der Waals surface area contributed by atoms with E-state index in [-0.39, 0.29) is 6.10 Å². The second-order valence-electron chi connectivity index (χ2n) is 4.96. The smallest absolute Gasteiger partial charge is 0.332 e. The third-order valence-electron chi connectivity index (χ3n) is 2.73. The molecule has 0 bridgehead atoms. The number of carbonyl (C=O) groups is 1. The van der Waals surface area contributed by atoms with Crippen LogP contribution < -0.4 is 0 Å². The number of carboxylic acids is 1. The summed E-state index contributed by atoms with van der Waals surface area (Å²) >= 11 is 0. The number of aliphatic carboxylic acids is 1. The summed E-state index contributed by atoms with van der Waals surface area (Å²) in [6.45, 7) is 9.78. The molecule has 0 aliphatic carbocycles. The van der Waals surface area contributed by atoms with E-state index >= 15 is 0 Å². The van der Waals surface area contributed by atoms with Crippen LogP contribution in [0.1, 0.15) is 20.8 Å². The highest BCUT2D eigenvalue weighted by Gasteiger charge is 2.22. The van der Waals surface area contributed by atoms with Crippen molar-refractivity contribution in [3.05, 3.63) is 0 Å². The number of hydrogen-bond donors (Lipinski definition) is 1. The summed E-state index contributed by atoms with van der Waals surface area (Å²) in [7, 11) is 0. The number of carboxylic acid groups (broad SMARTS) is 1. The molecule has 0 saturated carbocycles. The zero-order valence-electron chi connectivity index (χ0n) is 10.9. The van der Waals surface area contributed by atoms with Gasteiger partial charge in [0.05, 0.1) is 19.3 Å². The predicted molar refractivity (Wildman–Crippen MR) is 64.1 cm³/mol. The summed E-state index contributed by atoms with van der Waals surface area (Å²) in [6, 6.07) is 0. The third kappa shape index (κ3) is 5.48. The van der Waals surface area contributed by atoms with Crippen LogP contribution in [0.2, 0.25) is 0 Å². The summed E-state index contributed by atoms with van der Waals surface area (Å²) in [5.41, 5.74) is 0. The van der Waals surface area contributed by atoms with Gasteiger partial charge >= 0.3 is 5.97 Å². The lowest BCUT2D eigenvalue weighted by Crippen LogP contribution is -2.46. The maximum atomic E-state index is 10.6. The Morgan fingerprint density at radius 3 is 2.82 bits per heavy atom. The highest BCUT2D eigenvalue weighted by atomic mass is 16.5. The molecule has 1 aliphatic heterocycles. The molecule has 1 rings (SSSR count). The topological polar surface area (TPSA) is 59.0 Å². The Hall–Kier alpha value is -0.650. The third-order valence-corrected chi connectivity index (χ3v) is 2.73. The standard InChI is InChI=1S/C12H23NO4/c1-9(2)6-13-4-5-16-11(7-13)8-17-10(3)12(14)15/h9-11H,4-8H2,1-3H3,(H,14,15)/t10-,11?/m0/s1. The van der Waals surface area contributed by atoms with Crippen LogP contribution in [0, 0.1) is 5.92 Å². The summed E-state index contributed by atoms with van der Waals surface area (Å²) in [4.78, 5) is 12.9. The van der Waals surface area contributed by atoms with Crippen LogP contribution in [0.4, 0.5) is 0 Å². The average Bonchev–Trinajstić information content (AvgIpc) is 2.25. The molecule has 0 amide bonds. The molecule has 1 aliphatic rings. The van der Waals surface area contributed by atoms with Gasteiger partial charge in [0.15, 0.2) is 6.10 Å². The molecular formula is C12H23NO4. The normalized spacial score (nSPS) is 23.9. The number of hydrogen-bond acceptors (Lipinski definition) is 4. The lowest BCUT2D eigenvalue weighted by Gasteiger charge is -2.33. The van der Waals surface area contributed by atoms with E-state index in [0.717, 1.165) is 19.6 Å². The molecule has 100 valence electrons. The van der Waals surface area contributed by atoms with Crippen molar-refractivity contribution in [2.24, 2.45) is 5.92 Å². The molecule has 0 aromatic heterocycles. The Labute approximate surface area is 103 Å². The first-order valence-corrected chi connectivity index (χ1v) is 6.17. The molecule has 1 saturated heterocycles. The van der Waals surface area contributed by atoms with Crippen LogP contribution in [-0.2, 0) is 14.3 Å². The molecule has 0 aromatic carbocycles. The van der Waals surface area contributed by atoms with E-state index < -0.39 is 12.1 Å². The van der Waals surface area contributed by atoms with Gasteiger partial charge in [0.1, 0.15) is 0 Å². The monoisotopic (exact) mass is 245 g/mol. The van der Waals surface area contributed by atoms with Crippen molar-refractivity contribution in [1.29, 1.82) is 0 Å². The quantitative estimate of drug-likeness (QED) is 0.751. The van der Waals surface area contributed by atoms with Crippen LogP contribution in [0.15, 0.2) is 0 Å². The maximum absolute atomic E-state index is 10.6. The van der Waals surface area contributed by atoms with Gasteiger partial charge in [0, 0.05) is 19.6 Å². The SMILES string of the molecule is CC(C)CN1CCOC(CO[C@@H](C)C(=O)O)C1. The van der Waals surface area contributed by atoms with Gasteiger partial charge in [0.25, 0.3) is 0 Å². The van der Waals surface area contributed by atoms with Crippen molar-refractivity contribution in [2.75, 3.05) is 32.8 Å². The highest BCUT2D eigenvalue weighted by Crippen LogP contribution is 2.09. The maximum Gasteiger partial charge on any atom is 0.332 e. The van der Waals surface area contributed by atoms with E-state index in [2.05, 4.69) is 18.7 Å². The Balaban J connectivity index is 2.27. The summed E-state index contributed by atoms with van der Waals surface area (Å²) in [6.07, 6.45) is -0.775. The zero-order chi connectivity index (χ0) is 12.8. The molecule has 5 nitrogen and oxygen atoms in total. The van der Waals surface area contributed by atoms with Crippen LogP contribution in [-0.4, -0.2) is 61.0 Å². The minimum absolute atomic E-state index is 0.00991. The fourth-order valence-electron chi connectivity index (χ4n) is 1.89. The van der Waals surface area contributed by atoms with E-state index in [1.807, 2.05) is 0 Å². The van der Waals surface area contributed by atoms with Gasteiger partial charge in [-0.1, -0.05) is 13.8 Å². The lowest BCUT2D eigenvalue weighted by atomic mass is 10.2. The van der Waals surface area contributed by atoms with Gasteiger partial charge in [-0.05, 0) is 12.8 Å². The number of nitrogens with zero attached hydrogens (tertiary/aromatic N) is 1. The number of morpholine rings is 1. The number of ether oxygens (including phenoxy) is 2. The van der Waals surface area contributed by atoms with Crippen LogP contribution in [0.3, 0.4) is 0 Å². The molecule has 5 heteroatoms. The molecule has 2 atom stereocenters. The molecular weight excluding hydrogens is 222 g/mol. The molecule has 0 radical (unpaired) electrons. The van der Waals surface area contributed by atoms with Gasteiger partial charge in [0.2, 0.25) is 0 Å². The van der Waals surface area contributed by atoms with E-state index in [1.165, 1.54) is 6.92 Å². The van der Waals surface area contributed by atoms with Gasteiger partial charge in [-0.3, -0.25) is 4.90 Å². The Kier molecular flexibility index (Phi) is 5.88. The van der Waals surface area contributed by atoms with Crippen molar-refractivity contribution in [3.63, 3.8) is 0 Å². The van der Waals surface area contributed by atoms with Gasteiger partial charge in [-0.2, -0.15) is 0 Å². The summed E-state index contributed by atoms with van der Waals surface area (Å²) in [5.74, 6) is -0.299. The fourth-order valence-corrected chi connectivity index (χ4v) is 1.89. The zero-order valence-corrected chi connectivity index (χ0v) is 10.9. The first-order chi connectivity index (χ1) is 7.99. The Morgan fingerprint density at radius 1 is 1.53 bits per heavy atom. The Morgan fingerprint density at radius 2 is 2.24 bits per heavy atom. The van der Waals surface area contributed by atoms with Crippen LogP contribution in [0.5, 0.6) is 0 Å². The second-order valence-corrected chi connectivity index (χ2v) is 4.96. The molecule has 17 heavy (non-hydrogen) atoms. The molecule has 0 aromatic rings. The summed E-state index contributed by atoms with van der Waals surface area (Å²) in [5, 5.41) is 8.71. The molecule has 1 fully saturated rings. The van der Waals surface area contributed by atoms with Crippen molar-refractivity contribution in [3.8, 4) is 0 Å². The van der Waals surface area contributed by atoms with E-state index in [9.17, 15) is 4.79 Å². The van der Waals surface area contributed by atoms with Gasteiger partial charge in [-0.25, -0.2) is 4.79 Å². The van der Waals surface area contributed by atoms with Crippen LogP contribution in [0.25, 0.3) is 0 Å². The van der Waals surface area contributed by atoms with E-state index in [0.29, 0.717) is 19.1 Å². The molecule has 1 unspecified atom stereocenters.